The summed E-state index contributed by atoms with van der Waals surface area (Å²) in [6, 6.07) is 0.243. The van der Waals surface area contributed by atoms with E-state index in [-0.39, 0.29) is 17.5 Å². The molecule has 19 heavy (non-hydrogen) atoms. The van der Waals surface area contributed by atoms with E-state index in [2.05, 4.69) is 29.1 Å². The molecule has 1 saturated heterocycles. The molecule has 1 aromatic heterocycles. The van der Waals surface area contributed by atoms with E-state index in [0.29, 0.717) is 11.7 Å². The van der Waals surface area contributed by atoms with Gasteiger partial charge in [0, 0.05) is 19.6 Å². The Kier molecular flexibility index (Phi) is 3.82. The average Bonchev–Trinajstić information content (AvgIpc) is 2.40. The summed E-state index contributed by atoms with van der Waals surface area (Å²) in [4.78, 5) is 21.0. The van der Waals surface area contributed by atoms with Crippen LogP contribution in [0.2, 0.25) is 0 Å². The van der Waals surface area contributed by atoms with Crippen molar-refractivity contribution < 1.29 is 4.92 Å². The number of nitrogens with zero attached hydrogens (tertiary/aromatic N) is 4. The van der Waals surface area contributed by atoms with Gasteiger partial charge in [0.05, 0.1) is 4.92 Å². The second-order valence-electron chi connectivity index (χ2n) is 4.96. The van der Waals surface area contributed by atoms with Crippen LogP contribution >= 0.6 is 0 Å². The van der Waals surface area contributed by atoms with Crippen LogP contribution in [0.4, 0.5) is 17.3 Å². The Labute approximate surface area is 112 Å². The van der Waals surface area contributed by atoms with Crippen molar-refractivity contribution in [1.29, 1.82) is 0 Å². The molecule has 1 aliphatic rings. The molecule has 0 aromatic carbocycles. The molecular weight excluding hydrogens is 246 g/mol. The van der Waals surface area contributed by atoms with Crippen LogP contribution < -0.4 is 10.2 Å². The zero-order valence-electron chi connectivity index (χ0n) is 11.5. The molecule has 0 amide bonds. The lowest BCUT2D eigenvalue weighted by Gasteiger charge is -2.38. The molecule has 0 aliphatic carbocycles. The monoisotopic (exact) mass is 265 g/mol. The summed E-state index contributed by atoms with van der Waals surface area (Å²) >= 11 is 0. The molecule has 2 heterocycles. The molecule has 2 atom stereocenters. The number of nitro groups is 1. The van der Waals surface area contributed by atoms with Crippen molar-refractivity contribution in [3.63, 3.8) is 0 Å². The van der Waals surface area contributed by atoms with Crippen LogP contribution in [0.25, 0.3) is 0 Å². The minimum atomic E-state index is -0.410. The number of piperidine rings is 1. The summed E-state index contributed by atoms with van der Waals surface area (Å²) < 4.78 is 0. The highest BCUT2D eigenvalue weighted by atomic mass is 16.6. The van der Waals surface area contributed by atoms with Crippen molar-refractivity contribution in [1.82, 2.24) is 9.97 Å². The van der Waals surface area contributed by atoms with Crippen molar-refractivity contribution >= 4 is 17.3 Å². The van der Waals surface area contributed by atoms with Gasteiger partial charge in [-0.1, -0.05) is 6.92 Å². The lowest BCUT2D eigenvalue weighted by molar-refractivity contribution is -0.383. The van der Waals surface area contributed by atoms with Crippen LogP contribution in [0, 0.1) is 16.0 Å². The average molecular weight is 265 g/mol. The first kappa shape index (κ1) is 13.5. The van der Waals surface area contributed by atoms with E-state index in [1.807, 2.05) is 4.90 Å². The van der Waals surface area contributed by atoms with Crippen LogP contribution in [0.15, 0.2) is 6.33 Å². The SMILES string of the molecule is CNc1ncnc(N2CCCC(C)C2C)c1[N+](=O)[O-]. The summed E-state index contributed by atoms with van der Waals surface area (Å²) in [5.41, 5.74) is -0.0362. The van der Waals surface area contributed by atoms with E-state index in [0.717, 1.165) is 19.4 Å². The summed E-state index contributed by atoms with van der Waals surface area (Å²) in [6.07, 6.45) is 3.55. The molecule has 0 saturated carbocycles. The van der Waals surface area contributed by atoms with E-state index < -0.39 is 4.92 Å². The van der Waals surface area contributed by atoms with Gasteiger partial charge in [-0.15, -0.1) is 0 Å². The predicted molar refractivity (Wildman–Crippen MR) is 73.4 cm³/mol. The minimum absolute atomic E-state index is 0.0362. The lowest BCUT2D eigenvalue weighted by atomic mass is 9.92. The first-order valence-electron chi connectivity index (χ1n) is 6.50. The van der Waals surface area contributed by atoms with Crippen LogP contribution in [-0.2, 0) is 0 Å². The van der Waals surface area contributed by atoms with Gasteiger partial charge in [-0.05, 0) is 25.7 Å². The van der Waals surface area contributed by atoms with E-state index in [4.69, 9.17) is 0 Å². The Balaban J connectivity index is 2.46. The normalized spacial score (nSPS) is 23.2. The lowest BCUT2D eigenvalue weighted by Crippen LogP contribution is -2.43. The summed E-state index contributed by atoms with van der Waals surface area (Å²) in [5.74, 6) is 1.19. The van der Waals surface area contributed by atoms with Crippen molar-refractivity contribution in [3.05, 3.63) is 16.4 Å². The molecule has 1 N–H and O–H groups in total. The van der Waals surface area contributed by atoms with E-state index >= 15 is 0 Å². The molecule has 1 aliphatic heterocycles. The summed E-state index contributed by atoms with van der Waals surface area (Å²) in [5, 5.41) is 14.1. The van der Waals surface area contributed by atoms with Crippen LogP contribution in [0.1, 0.15) is 26.7 Å². The smallest absolute Gasteiger partial charge is 0.353 e. The van der Waals surface area contributed by atoms with E-state index in [9.17, 15) is 10.1 Å². The molecule has 1 fully saturated rings. The third kappa shape index (κ3) is 2.45. The Bertz CT molecular complexity index is 479. The summed E-state index contributed by atoms with van der Waals surface area (Å²) in [7, 11) is 1.63. The standard InChI is InChI=1S/C12H19N5O2/c1-8-5-4-6-16(9(8)2)12-10(17(18)19)11(13-3)14-7-15-12/h7-9H,4-6H2,1-3H3,(H,13,14,15). The minimum Gasteiger partial charge on any atom is -0.367 e. The molecule has 7 nitrogen and oxygen atoms in total. The maximum absolute atomic E-state index is 11.3. The van der Waals surface area contributed by atoms with Gasteiger partial charge >= 0.3 is 5.69 Å². The molecule has 1 aromatic rings. The molecule has 2 unspecified atom stereocenters. The fourth-order valence-corrected chi connectivity index (χ4v) is 2.57. The number of anilines is 2. The van der Waals surface area contributed by atoms with Gasteiger partial charge < -0.3 is 10.2 Å². The first-order valence-corrected chi connectivity index (χ1v) is 6.50. The molecule has 0 radical (unpaired) electrons. The van der Waals surface area contributed by atoms with Gasteiger partial charge in [0.1, 0.15) is 6.33 Å². The molecule has 104 valence electrons. The largest absolute Gasteiger partial charge is 0.367 e. The quantitative estimate of drug-likeness (QED) is 0.665. The highest BCUT2D eigenvalue weighted by Crippen LogP contribution is 2.36. The zero-order valence-corrected chi connectivity index (χ0v) is 11.5. The predicted octanol–water partition coefficient (Wildman–Crippen LogP) is 2.05. The first-order chi connectivity index (χ1) is 9.06. The van der Waals surface area contributed by atoms with Gasteiger partial charge in [-0.2, -0.15) is 0 Å². The van der Waals surface area contributed by atoms with Crippen molar-refractivity contribution in [2.75, 3.05) is 23.8 Å². The Morgan fingerprint density at radius 2 is 2.21 bits per heavy atom. The number of hydrogen-bond donors (Lipinski definition) is 1. The van der Waals surface area contributed by atoms with Gasteiger partial charge in [-0.3, -0.25) is 10.1 Å². The summed E-state index contributed by atoms with van der Waals surface area (Å²) in [6.45, 7) is 5.06. The van der Waals surface area contributed by atoms with E-state index in [1.165, 1.54) is 6.33 Å². The molecular formula is C12H19N5O2. The van der Waals surface area contributed by atoms with Crippen molar-refractivity contribution in [3.8, 4) is 0 Å². The molecule has 0 spiro atoms. The van der Waals surface area contributed by atoms with Crippen molar-refractivity contribution in [2.24, 2.45) is 5.92 Å². The number of hydrogen-bond acceptors (Lipinski definition) is 6. The highest BCUT2D eigenvalue weighted by molar-refractivity contribution is 5.70. The maximum Gasteiger partial charge on any atom is 0.353 e. The van der Waals surface area contributed by atoms with E-state index in [1.54, 1.807) is 7.05 Å². The third-order valence-electron chi connectivity index (χ3n) is 3.87. The highest BCUT2D eigenvalue weighted by Gasteiger charge is 2.32. The zero-order chi connectivity index (χ0) is 14.0. The molecule has 0 bridgehead atoms. The fraction of sp³-hybridized carbons (Fsp3) is 0.667. The number of rotatable bonds is 3. The Morgan fingerprint density at radius 3 is 2.84 bits per heavy atom. The number of nitrogens with one attached hydrogen (secondary N) is 1. The Hall–Kier alpha value is -1.92. The van der Waals surface area contributed by atoms with Gasteiger partial charge in [0.2, 0.25) is 11.6 Å². The topological polar surface area (TPSA) is 84.2 Å². The van der Waals surface area contributed by atoms with Crippen LogP contribution in [-0.4, -0.2) is 34.5 Å². The van der Waals surface area contributed by atoms with Gasteiger partial charge in [0.15, 0.2) is 0 Å². The van der Waals surface area contributed by atoms with Crippen molar-refractivity contribution in [2.45, 2.75) is 32.7 Å². The van der Waals surface area contributed by atoms with Crippen LogP contribution in [0.5, 0.6) is 0 Å². The molecule has 7 heteroatoms. The second-order valence-corrected chi connectivity index (χ2v) is 4.96. The Morgan fingerprint density at radius 1 is 1.47 bits per heavy atom. The van der Waals surface area contributed by atoms with Crippen LogP contribution in [0.3, 0.4) is 0 Å². The van der Waals surface area contributed by atoms with Gasteiger partial charge in [0.25, 0.3) is 0 Å². The number of aromatic nitrogens is 2. The molecule has 2 rings (SSSR count). The van der Waals surface area contributed by atoms with Gasteiger partial charge in [-0.25, -0.2) is 9.97 Å². The third-order valence-corrected chi connectivity index (χ3v) is 3.87. The second kappa shape index (κ2) is 5.38. The maximum atomic E-state index is 11.3. The fourth-order valence-electron chi connectivity index (χ4n) is 2.57.